The summed E-state index contributed by atoms with van der Waals surface area (Å²) in [7, 11) is 0. The molecule has 0 radical (unpaired) electrons. The van der Waals surface area contributed by atoms with E-state index in [-0.39, 0.29) is 18.4 Å². The summed E-state index contributed by atoms with van der Waals surface area (Å²) in [6.45, 7) is 1.27. The largest absolute Gasteiger partial charge is 0.481 e. The normalized spacial score (nSPS) is 17.8. The summed E-state index contributed by atoms with van der Waals surface area (Å²) >= 11 is 3.21. The van der Waals surface area contributed by atoms with Crippen LogP contribution in [-0.4, -0.2) is 41.6 Å². The van der Waals surface area contributed by atoms with E-state index in [9.17, 15) is 14.0 Å². The lowest BCUT2D eigenvalue weighted by atomic mass is 9.99. The number of carbonyl (C=O) groups excluding carboxylic acids is 1. The Kier molecular flexibility index (Phi) is 6.38. The van der Waals surface area contributed by atoms with Gasteiger partial charge in [0.15, 0.2) is 0 Å². The number of carboxylic acids is 1. The number of aliphatic carboxylic acids is 1. The van der Waals surface area contributed by atoms with Crippen LogP contribution in [-0.2, 0) is 11.2 Å². The van der Waals surface area contributed by atoms with Gasteiger partial charge in [0.1, 0.15) is 5.82 Å². The predicted octanol–water partition coefficient (Wildman–Crippen LogP) is 3.03. The van der Waals surface area contributed by atoms with Crippen molar-refractivity contribution in [3.63, 3.8) is 0 Å². The van der Waals surface area contributed by atoms with E-state index in [1.54, 1.807) is 17.0 Å². The molecule has 5 nitrogen and oxygen atoms in total. The molecule has 2 rings (SSSR count). The first-order valence-electron chi connectivity index (χ1n) is 7.67. The second-order valence-corrected chi connectivity index (χ2v) is 6.61. The smallest absolute Gasteiger partial charge is 0.317 e. The Morgan fingerprint density at radius 1 is 1.43 bits per heavy atom. The molecule has 7 heteroatoms. The van der Waals surface area contributed by atoms with E-state index >= 15 is 0 Å². The number of hydrogen-bond acceptors (Lipinski definition) is 2. The number of benzene rings is 1. The van der Waals surface area contributed by atoms with Crippen molar-refractivity contribution in [1.82, 2.24) is 10.2 Å². The molecule has 1 aromatic rings. The molecule has 2 amide bonds. The Bertz CT molecular complexity index is 582. The molecule has 1 aromatic carbocycles. The number of halogens is 2. The summed E-state index contributed by atoms with van der Waals surface area (Å²) < 4.78 is 14.4. The van der Waals surface area contributed by atoms with Crippen molar-refractivity contribution in [2.75, 3.05) is 19.6 Å². The quantitative estimate of drug-likeness (QED) is 0.764. The van der Waals surface area contributed by atoms with Crippen molar-refractivity contribution in [2.24, 2.45) is 5.92 Å². The SMILES string of the molecule is O=C(O)C1CCCN(C(=O)NCCCc2ccc(Br)cc2F)C1. The third-order valence-electron chi connectivity index (χ3n) is 3.97. The first-order valence-corrected chi connectivity index (χ1v) is 8.46. The molecule has 126 valence electrons. The molecule has 2 N–H and O–H groups in total. The number of carbonyl (C=O) groups is 2. The molecule has 0 aliphatic carbocycles. The first-order chi connectivity index (χ1) is 11.0. The number of hydrogen-bond donors (Lipinski definition) is 2. The molecule has 1 unspecified atom stereocenters. The topological polar surface area (TPSA) is 69.6 Å². The molecule has 1 aliphatic heterocycles. The Morgan fingerprint density at radius 2 is 2.22 bits per heavy atom. The van der Waals surface area contributed by atoms with E-state index in [2.05, 4.69) is 21.2 Å². The number of nitrogens with one attached hydrogen (secondary N) is 1. The third kappa shape index (κ3) is 5.20. The molecule has 1 atom stereocenters. The van der Waals surface area contributed by atoms with Crippen LogP contribution >= 0.6 is 15.9 Å². The van der Waals surface area contributed by atoms with Gasteiger partial charge in [-0.1, -0.05) is 22.0 Å². The van der Waals surface area contributed by atoms with Gasteiger partial charge in [-0.3, -0.25) is 4.79 Å². The van der Waals surface area contributed by atoms with Gasteiger partial charge in [-0.25, -0.2) is 9.18 Å². The number of nitrogens with zero attached hydrogens (tertiary/aromatic N) is 1. The summed E-state index contributed by atoms with van der Waals surface area (Å²) in [5, 5.41) is 11.8. The van der Waals surface area contributed by atoms with Gasteiger partial charge in [0.05, 0.1) is 5.92 Å². The van der Waals surface area contributed by atoms with Gasteiger partial charge in [0, 0.05) is 24.1 Å². The number of aryl methyl sites for hydroxylation is 1. The fourth-order valence-electron chi connectivity index (χ4n) is 2.67. The highest BCUT2D eigenvalue weighted by atomic mass is 79.9. The molecule has 1 aliphatic rings. The summed E-state index contributed by atoms with van der Waals surface area (Å²) in [6, 6.07) is 4.69. The lowest BCUT2D eigenvalue weighted by molar-refractivity contribution is -0.143. The zero-order chi connectivity index (χ0) is 16.8. The van der Waals surface area contributed by atoms with Gasteiger partial charge in [-0.05, 0) is 43.4 Å². The summed E-state index contributed by atoms with van der Waals surface area (Å²) in [5.41, 5.74) is 0.617. The van der Waals surface area contributed by atoms with Crippen molar-refractivity contribution in [3.8, 4) is 0 Å². The molecule has 0 bridgehead atoms. The predicted molar refractivity (Wildman–Crippen MR) is 87.8 cm³/mol. The number of piperidine rings is 1. The van der Waals surface area contributed by atoms with Crippen LogP contribution in [0.4, 0.5) is 9.18 Å². The van der Waals surface area contributed by atoms with E-state index in [1.165, 1.54) is 6.07 Å². The Balaban J connectivity index is 1.73. The number of likely N-dealkylation sites (tertiary alicyclic amines) is 1. The molecule has 0 aromatic heterocycles. The zero-order valence-electron chi connectivity index (χ0n) is 12.7. The molecule has 0 spiro atoms. The minimum atomic E-state index is -0.854. The molecule has 0 saturated carbocycles. The minimum Gasteiger partial charge on any atom is -0.481 e. The Hall–Kier alpha value is -1.63. The van der Waals surface area contributed by atoms with Gasteiger partial charge in [0.2, 0.25) is 0 Å². The van der Waals surface area contributed by atoms with E-state index in [4.69, 9.17) is 5.11 Å². The Labute approximate surface area is 143 Å². The van der Waals surface area contributed by atoms with Crippen molar-refractivity contribution in [3.05, 3.63) is 34.1 Å². The molecule has 23 heavy (non-hydrogen) atoms. The third-order valence-corrected chi connectivity index (χ3v) is 4.47. The lowest BCUT2D eigenvalue weighted by Gasteiger charge is -2.30. The zero-order valence-corrected chi connectivity index (χ0v) is 14.3. The van der Waals surface area contributed by atoms with E-state index in [0.29, 0.717) is 48.8 Å². The van der Waals surface area contributed by atoms with Crippen LogP contribution in [0.3, 0.4) is 0 Å². The summed E-state index contributed by atoms with van der Waals surface area (Å²) in [5.74, 6) is -1.59. The van der Waals surface area contributed by atoms with Gasteiger partial charge in [-0.15, -0.1) is 0 Å². The van der Waals surface area contributed by atoms with Crippen LogP contribution in [0, 0.1) is 11.7 Å². The first kappa shape index (κ1) is 17.7. The Morgan fingerprint density at radius 3 is 2.91 bits per heavy atom. The van der Waals surface area contributed by atoms with Crippen molar-refractivity contribution >= 4 is 27.9 Å². The maximum atomic E-state index is 13.7. The molecular weight excluding hydrogens is 367 g/mol. The van der Waals surface area contributed by atoms with Crippen LogP contribution in [0.25, 0.3) is 0 Å². The monoisotopic (exact) mass is 386 g/mol. The highest BCUT2D eigenvalue weighted by Crippen LogP contribution is 2.17. The van der Waals surface area contributed by atoms with Gasteiger partial charge in [0.25, 0.3) is 0 Å². The fourth-order valence-corrected chi connectivity index (χ4v) is 3.01. The maximum Gasteiger partial charge on any atom is 0.317 e. The van der Waals surface area contributed by atoms with Crippen molar-refractivity contribution in [2.45, 2.75) is 25.7 Å². The van der Waals surface area contributed by atoms with Crippen molar-refractivity contribution in [1.29, 1.82) is 0 Å². The van der Waals surface area contributed by atoms with Gasteiger partial charge < -0.3 is 15.3 Å². The average molecular weight is 387 g/mol. The molecule has 1 saturated heterocycles. The maximum absolute atomic E-state index is 13.7. The lowest BCUT2D eigenvalue weighted by Crippen LogP contribution is -2.47. The second-order valence-electron chi connectivity index (χ2n) is 5.69. The summed E-state index contributed by atoms with van der Waals surface area (Å²) in [6.07, 6.45) is 2.48. The highest BCUT2D eigenvalue weighted by molar-refractivity contribution is 9.10. The van der Waals surface area contributed by atoms with Crippen molar-refractivity contribution < 1.29 is 19.1 Å². The van der Waals surface area contributed by atoms with Crippen LogP contribution in [0.15, 0.2) is 22.7 Å². The van der Waals surface area contributed by atoms with Gasteiger partial charge in [-0.2, -0.15) is 0 Å². The highest BCUT2D eigenvalue weighted by Gasteiger charge is 2.27. The van der Waals surface area contributed by atoms with E-state index < -0.39 is 11.9 Å². The van der Waals surface area contributed by atoms with Crippen LogP contribution in [0.2, 0.25) is 0 Å². The fraction of sp³-hybridized carbons (Fsp3) is 0.500. The molecular formula is C16H20BrFN2O3. The van der Waals surface area contributed by atoms with Crippen LogP contribution in [0.5, 0.6) is 0 Å². The molecule has 1 heterocycles. The summed E-state index contributed by atoms with van der Waals surface area (Å²) in [4.78, 5) is 24.6. The van der Waals surface area contributed by atoms with Crippen LogP contribution < -0.4 is 5.32 Å². The van der Waals surface area contributed by atoms with Crippen LogP contribution in [0.1, 0.15) is 24.8 Å². The van der Waals surface area contributed by atoms with E-state index in [0.717, 1.165) is 0 Å². The second kappa shape index (κ2) is 8.29. The number of amides is 2. The van der Waals surface area contributed by atoms with Gasteiger partial charge >= 0.3 is 12.0 Å². The number of carboxylic acid groups (broad SMARTS) is 1. The standard InChI is InChI=1S/C16H20BrFN2O3/c17-13-6-5-11(14(18)9-13)3-1-7-19-16(23)20-8-2-4-12(10-20)15(21)22/h5-6,9,12H,1-4,7-8,10H2,(H,19,23)(H,21,22). The number of rotatable bonds is 5. The number of urea groups is 1. The average Bonchev–Trinajstić information content (AvgIpc) is 2.53. The minimum absolute atomic E-state index is 0.243. The van der Waals surface area contributed by atoms with E-state index in [1.807, 2.05) is 0 Å². The molecule has 1 fully saturated rings.